The largest absolute Gasteiger partial charge is 0.338 e. The van der Waals surface area contributed by atoms with E-state index < -0.39 is 0 Å². The molecule has 6 heteroatoms. The molecule has 1 aromatic rings. The van der Waals surface area contributed by atoms with Gasteiger partial charge in [-0.1, -0.05) is 13.0 Å². The van der Waals surface area contributed by atoms with Gasteiger partial charge in [-0.15, -0.1) is 23.7 Å². The lowest BCUT2D eigenvalue weighted by atomic mass is 10.1. The molecule has 1 N–H and O–H groups in total. The molecule has 2 heterocycles. The number of ketones is 1. The first kappa shape index (κ1) is 18.1. The molecule has 0 saturated carbocycles. The Kier molecular flexibility index (Phi) is 7.93. The number of carbonyl (C=O) groups excluding carboxylic acids is 2. The Labute approximate surface area is 136 Å². The second kappa shape index (κ2) is 9.18. The van der Waals surface area contributed by atoms with Gasteiger partial charge in [-0.05, 0) is 30.8 Å². The highest BCUT2D eigenvalue weighted by molar-refractivity contribution is 7.12. The van der Waals surface area contributed by atoms with E-state index in [4.69, 9.17) is 0 Å². The van der Waals surface area contributed by atoms with Crippen LogP contribution in [0.1, 0.15) is 42.3 Å². The lowest BCUT2D eigenvalue weighted by Crippen LogP contribution is -2.42. The number of nitrogens with zero attached hydrogens (tertiary/aromatic N) is 1. The average Bonchev–Trinajstić information content (AvgIpc) is 3.13. The minimum Gasteiger partial charge on any atom is -0.338 e. The Morgan fingerprint density at radius 1 is 1.43 bits per heavy atom. The number of amides is 1. The maximum atomic E-state index is 12.3. The quantitative estimate of drug-likeness (QED) is 0.782. The second-order valence-electron chi connectivity index (χ2n) is 5.13. The Balaban J connectivity index is 0.00000220. The molecule has 0 radical (unpaired) electrons. The molecule has 1 aliphatic heterocycles. The fraction of sp³-hybridized carbons (Fsp3) is 0.600. The zero-order chi connectivity index (χ0) is 14.4. The van der Waals surface area contributed by atoms with Gasteiger partial charge in [0.05, 0.1) is 4.88 Å². The van der Waals surface area contributed by atoms with Gasteiger partial charge >= 0.3 is 0 Å². The number of thiophene rings is 1. The van der Waals surface area contributed by atoms with Crippen LogP contribution in [0.25, 0.3) is 0 Å². The van der Waals surface area contributed by atoms with Crippen LogP contribution in [0.15, 0.2) is 17.5 Å². The summed E-state index contributed by atoms with van der Waals surface area (Å²) in [4.78, 5) is 27.0. The molecular formula is C15H23ClN2O2S. The summed E-state index contributed by atoms with van der Waals surface area (Å²) >= 11 is 1.44. The van der Waals surface area contributed by atoms with Gasteiger partial charge in [-0.25, -0.2) is 0 Å². The van der Waals surface area contributed by atoms with Gasteiger partial charge in [-0.3, -0.25) is 9.59 Å². The van der Waals surface area contributed by atoms with Crippen LogP contribution in [-0.2, 0) is 4.79 Å². The first-order chi connectivity index (χ1) is 9.72. The number of halogens is 1. The fourth-order valence-corrected chi connectivity index (χ4v) is 3.28. The Hall–Kier alpha value is -0.910. The lowest BCUT2D eigenvalue weighted by molar-refractivity contribution is -0.133. The number of hydrogen-bond donors (Lipinski definition) is 1. The zero-order valence-corrected chi connectivity index (χ0v) is 14.0. The lowest BCUT2D eigenvalue weighted by Gasteiger charge is -2.28. The Bertz CT molecular complexity index is 445. The van der Waals surface area contributed by atoms with Crippen LogP contribution in [0.4, 0.5) is 0 Å². The van der Waals surface area contributed by atoms with Crippen molar-refractivity contribution in [3.8, 4) is 0 Å². The van der Waals surface area contributed by atoms with Crippen molar-refractivity contribution in [3.05, 3.63) is 22.4 Å². The molecule has 0 spiro atoms. The molecule has 1 aliphatic rings. The van der Waals surface area contributed by atoms with Crippen LogP contribution >= 0.6 is 23.7 Å². The Morgan fingerprint density at radius 2 is 2.24 bits per heavy atom. The highest BCUT2D eigenvalue weighted by Crippen LogP contribution is 2.15. The molecule has 1 aromatic heterocycles. The van der Waals surface area contributed by atoms with E-state index in [1.807, 2.05) is 22.4 Å². The molecule has 4 nitrogen and oxygen atoms in total. The smallest absolute Gasteiger partial charge is 0.223 e. The van der Waals surface area contributed by atoms with Crippen LogP contribution in [0.2, 0.25) is 0 Å². The summed E-state index contributed by atoms with van der Waals surface area (Å²) in [5.41, 5.74) is 0. The Morgan fingerprint density at radius 3 is 2.81 bits per heavy atom. The maximum absolute atomic E-state index is 12.3. The van der Waals surface area contributed by atoms with Gasteiger partial charge in [0.15, 0.2) is 5.78 Å². The van der Waals surface area contributed by atoms with E-state index in [0.717, 1.165) is 37.4 Å². The molecular weight excluding hydrogens is 308 g/mol. The van der Waals surface area contributed by atoms with Gasteiger partial charge in [0.1, 0.15) is 0 Å². The molecule has 21 heavy (non-hydrogen) atoms. The molecule has 1 saturated heterocycles. The van der Waals surface area contributed by atoms with E-state index in [1.54, 1.807) is 0 Å². The number of carbonyl (C=O) groups is 2. The predicted octanol–water partition coefficient (Wildman–Crippen LogP) is 2.73. The summed E-state index contributed by atoms with van der Waals surface area (Å²) in [5, 5.41) is 5.19. The highest BCUT2D eigenvalue weighted by Gasteiger charge is 2.25. The van der Waals surface area contributed by atoms with Crippen LogP contribution in [0, 0.1) is 0 Å². The van der Waals surface area contributed by atoms with Gasteiger partial charge in [0.25, 0.3) is 0 Å². The number of hydrogen-bond acceptors (Lipinski definition) is 4. The van der Waals surface area contributed by atoms with E-state index in [-0.39, 0.29) is 24.1 Å². The van der Waals surface area contributed by atoms with Crippen LogP contribution in [-0.4, -0.2) is 42.3 Å². The third-order valence-corrected chi connectivity index (χ3v) is 4.53. The monoisotopic (exact) mass is 330 g/mol. The van der Waals surface area contributed by atoms with E-state index in [9.17, 15) is 9.59 Å². The molecule has 1 amide bonds. The summed E-state index contributed by atoms with van der Waals surface area (Å²) in [6, 6.07) is 3.99. The number of nitrogens with one attached hydrogen (secondary N) is 1. The average molecular weight is 331 g/mol. The molecule has 1 unspecified atom stereocenters. The van der Waals surface area contributed by atoms with Crippen LogP contribution < -0.4 is 5.32 Å². The van der Waals surface area contributed by atoms with Crippen molar-refractivity contribution in [2.45, 2.75) is 38.6 Å². The van der Waals surface area contributed by atoms with E-state index >= 15 is 0 Å². The predicted molar refractivity (Wildman–Crippen MR) is 88.4 cm³/mol. The SMILES string of the molecule is CCCN(C(=O)CCC(=O)c1cccs1)C1CCNC1.Cl. The molecule has 1 fully saturated rings. The van der Waals surface area contributed by atoms with Crippen molar-refractivity contribution in [2.24, 2.45) is 0 Å². The molecule has 0 bridgehead atoms. The summed E-state index contributed by atoms with van der Waals surface area (Å²) < 4.78 is 0. The number of rotatable bonds is 7. The van der Waals surface area contributed by atoms with Crippen LogP contribution in [0.5, 0.6) is 0 Å². The summed E-state index contributed by atoms with van der Waals surface area (Å²) in [6.45, 7) is 4.73. The summed E-state index contributed by atoms with van der Waals surface area (Å²) in [6.07, 6.45) is 2.62. The third-order valence-electron chi connectivity index (χ3n) is 3.62. The fourth-order valence-electron chi connectivity index (χ4n) is 2.58. The minimum absolute atomic E-state index is 0. The normalized spacial score (nSPS) is 17.3. The molecule has 1 atom stereocenters. The summed E-state index contributed by atoms with van der Waals surface area (Å²) in [5.74, 6) is 0.194. The molecule has 118 valence electrons. The summed E-state index contributed by atoms with van der Waals surface area (Å²) in [7, 11) is 0. The van der Waals surface area contributed by atoms with Crippen molar-refractivity contribution < 1.29 is 9.59 Å². The first-order valence-corrected chi connectivity index (χ1v) is 8.17. The van der Waals surface area contributed by atoms with Crippen molar-refractivity contribution in [3.63, 3.8) is 0 Å². The number of Topliss-reactive ketones (excluding diaryl/α,β-unsaturated/α-hetero) is 1. The highest BCUT2D eigenvalue weighted by atomic mass is 35.5. The van der Waals surface area contributed by atoms with Crippen molar-refractivity contribution in [2.75, 3.05) is 19.6 Å². The molecule has 2 rings (SSSR count). The van der Waals surface area contributed by atoms with Crippen molar-refractivity contribution in [1.29, 1.82) is 0 Å². The topological polar surface area (TPSA) is 49.4 Å². The van der Waals surface area contributed by atoms with Gasteiger partial charge in [0.2, 0.25) is 5.91 Å². The van der Waals surface area contributed by atoms with Crippen LogP contribution in [0.3, 0.4) is 0 Å². The third kappa shape index (κ3) is 5.09. The maximum Gasteiger partial charge on any atom is 0.223 e. The van der Waals surface area contributed by atoms with Gasteiger partial charge in [-0.2, -0.15) is 0 Å². The van der Waals surface area contributed by atoms with Gasteiger partial charge in [0, 0.05) is 32.0 Å². The van der Waals surface area contributed by atoms with E-state index in [2.05, 4.69) is 12.2 Å². The van der Waals surface area contributed by atoms with E-state index in [0.29, 0.717) is 18.9 Å². The standard InChI is InChI=1S/C15H22N2O2S.ClH/c1-2-9-17(12-7-8-16-11-12)15(19)6-5-13(18)14-4-3-10-20-14;/h3-4,10,12,16H,2,5-9,11H2,1H3;1H. The van der Waals surface area contributed by atoms with Crippen molar-refractivity contribution >= 4 is 35.4 Å². The minimum atomic E-state index is 0. The molecule has 0 aliphatic carbocycles. The van der Waals surface area contributed by atoms with Gasteiger partial charge < -0.3 is 10.2 Å². The zero-order valence-electron chi connectivity index (χ0n) is 12.3. The van der Waals surface area contributed by atoms with Crippen molar-refractivity contribution in [1.82, 2.24) is 10.2 Å². The van der Waals surface area contributed by atoms with E-state index in [1.165, 1.54) is 11.3 Å². The first-order valence-electron chi connectivity index (χ1n) is 7.29. The molecule has 0 aromatic carbocycles. The second-order valence-corrected chi connectivity index (χ2v) is 6.08.